The average Bonchev–Trinajstić information content (AvgIpc) is 2.30. The Hall–Kier alpha value is -2.03. The first-order valence-electron chi connectivity index (χ1n) is 4.74. The zero-order valence-corrected chi connectivity index (χ0v) is 9.33. The van der Waals surface area contributed by atoms with Crippen LogP contribution in [0.1, 0.15) is 28.8 Å². The van der Waals surface area contributed by atoms with Crippen molar-refractivity contribution in [2.45, 2.75) is 19.8 Å². The molecular formula is C11H10F2N2O2. The van der Waals surface area contributed by atoms with Crippen molar-refractivity contribution in [2.75, 3.05) is 7.11 Å². The Morgan fingerprint density at radius 3 is 2.76 bits per heavy atom. The lowest BCUT2D eigenvalue weighted by atomic mass is 10.00. The van der Waals surface area contributed by atoms with Gasteiger partial charge in [0.1, 0.15) is 11.8 Å². The van der Waals surface area contributed by atoms with Crippen LogP contribution in [0, 0.1) is 18.3 Å². The number of nitrogens with zero attached hydrogens (tertiary/aromatic N) is 2. The van der Waals surface area contributed by atoms with E-state index in [9.17, 15) is 13.6 Å². The van der Waals surface area contributed by atoms with E-state index in [1.807, 2.05) is 0 Å². The maximum atomic E-state index is 12.7. The van der Waals surface area contributed by atoms with E-state index in [0.717, 1.165) is 6.20 Å². The second kappa shape index (κ2) is 5.34. The van der Waals surface area contributed by atoms with Gasteiger partial charge in [0.15, 0.2) is 0 Å². The molecule has 0 aliphatic carbocycles. The number of alkyl halides is 2. The third-order valence-corrected chi connectivity index (χ3v) is 2.38. The maximum absolute atomic E-state index is 12.7. The normalized spacial score (nSPS) is 10.1. The van der Waals surface area contributed by atoms with E-state index in [-0.39, 0.29) is 28.8 Å². The minimum Gasteiger partial charge on any atom is -0.469 e. The van der Waals surface area contributed by atoms with Gasteiger partial charge in [-0.3, -0.25) is 4.79 Å². The van der Waals surface area contributed by atoms with E-state index in [1.54, 1.807) is 6.07 Å². The highest BCUT2D eigenvalue weighted by molar-refractivity contribution is 5.73. The Kier molecular flexibility index (Phi) is 4.10. The number of ether oxygens (including phenoxy) is 1. The van der Waals surface area contributed by atoms with Crippen LogP contribution < -0.4 is 0 Å². The van der Waals surface area contributed by atoms with Crippen molar-refractivity contribution in [1.82, 2.24) is 4.98 Å². The monoisotopic (exact) mass is 240 g/mol. The SMILES string of the molecule is COC(=O)Cc1c(C(F)F)cnc(C#N)c1C. The van der Waals surface area contributed by atoms with E-state index in [1.165, 1.54) is 14.0 Å². The largest absolute Gasteiger partial charge is 0.469 e. The summed E-state index contributed by atoms with van der Waals surface area (Å²) in [5, 5.41) is 8.75. The third-order valence-electron chi connectivity index (χ3n) is 2.38. The van der Waals surface area contributed by atoms with E-state index in [4.69, 9.17) is 5.26 Å². The topological polar surface area (TPSA) is 63.0 Å². The second-order valence-corrected chi connectivity index (χ2v) is 3.33. The molecule has 90 valence electrons. The van der Waals surface area contributed by atoms with Crippen molar-refractivity contribution < 1.29 is 18.3 Å². The molecule has 17 heavy (non-hydrogen) atoms. The van der Waals surface area contributed by atoms with Crippen LogP contribution in [-0.4, -0.2) is 18.1 Å². The van der Waals surface area contributed by atoms with Crippen molar-refractivity contribution in [3.8, 4) is 6.07 Å². The molecule has 1 rings (SSSR count). The molecule has 0 unspecified atom stereocenters. The minimum absolute atomic E-state index is 0.0355. The third kappa shape index (κ3) is 2.75. The molecule has 0 amide bonds. The van der Waals surface area contributed by atoms with Gasteiger partial charge in [0, 0.05) is 11.8 Å². The van der Waals surface area contributed by atoms with Crippen molar-refractivity contribution in [3.63, 3.8) is 0 Å². The van der Waals surface area contributed by atoms with Gasteiger partial charge in [0.25, 0.3) is 6.43 Å². The summed E-state index contributed by atoms with van der Waals surface area (Å²) in [5.74, 6) is -0.634. The zero-order valence-electron chi connectivity index (χ0n) is 9.33. The molecule has 0 bridgehead atoms. The van der Waals surface area contributed by atoms with Crippen molar-refractivity contribution in [3.05, 3.63) is 28.6 Å². The molecule has 0 aromatic carbocycles. The number of hydrogen-bond acceptors (Lipinski definition) is 4. The van der Waals surface area contributed by atoms with Crippen LogP contribution >= 0.6 is 0 Å². The zero-order chi connectivity index (χ0) is 13.0. The van der Waals surface area contributed by atoms with Gasteiger partial charge in [-0.25, -0.2) is 13.8 Å². The number of halogens is 2. The van der Waals surface area contributed by atoms with Crippen LogP contribution in [0.4, 0.5) is 8.78 Å². The number of rotatable bonds is 3. The fourth-order valence-corrected chi connectivity index (χ4v) is 1.42. The molecule has 1 heterocycles. The summed E-state index contributed by atoms with van der Waals surface area (Å²) in [5.41, 5.74) is 0.0919. The molecule has 0 N–H and O–H groups in total. The van der Waals surface area contributed by atoms with Crippen LogP contribution in [0.3, 0.4) is 0 Å². The Labute approximate surface area is 96.8 Å². The molecule has 0 saturated carbocycles. The summed E-state index contributed by atoms with van der Waals surface area (Å²) in [6.45, 7) is 1.48. The van der Waals surface area contributed by atoms with E-state index in [0.29, 0.717) is 0 Å². The Morgan fingerprint density at radius 2 is 2.29 bits per heavy atom. The Balaban J connectivity index is 3.31. The number of aromatic nitrogens is 1. The fraction of sp³-hybridized carbons (Fsp3) is 0.364. The first kappa shape index (κ1) is 13.0. The number of nitriles is 1. The standard InChI is InChI=1S/C11H10F2N2O2/c1-6-7(3-10(16)17-2)8(11(12)13)5-15-9(6)4-14/h5,11H,3H2,1-2H3. The van der Waals surface area contributed by atoms with Gasteiger partial charge in [-0.15, -0.1) is 0 Å². The van der Waals surface area contributed by atoms with Crippen molar-refractivity contribution in [2.24, 2.45) is 0 Å². The van der Waals surface area contributed by atoms with Crippen molar-refractivity contribution >= 4 is 5.97 Å². The predicted octanol–water partition coefficient (Wildman–Crippen LogP) is 1.91. The highest BCUT2D eigenvalue weighted by Gasteiger charge is 2.20. The first-order valence-corrected chi connectivity index (χ1v) is 4.74. The van der Waals surface area contributed by atoms with Gasteiger partial charge in [0.05, 0.1) is 13.5 Å². The summed E-state index contributed by atoms with van der Waals surface area (Å²) in [7, 11) is 1.17. The molecule has 0 fully saturated rings. The number of methoxy groups -OCH3 is 1. The lowest BCUT2D eigenvalue weighted by Gasteiger charge is -2.11. The summed E-state index contributed by atoms with van der Waals surface area (Å²) < 4.78 is 29.9. The van der Waals surface area contributed by atoms with Crippen LogP contribution in [0.25, 0.3) is 0 Å². The summed E-state index contributed by atoms with van der Waals surface area (Å²) in [4.78, 5) is 14.8. The number of pyridine rings is 1. The Bertz CT molecular complexity index is 481. The maximum Gasteiger partial charge on any atom is 0.310 e. The Morgan fingerprint density at radius 1 is 1.65 bits per heavy atom. The van der Waals surface area contributed by atoms with Gasteiger partial charge < -0.3 is 4.74 Å². The van der Waals surface area contributed by atoms with Gasteiger partial charge in [-0.05, 0) is 18.1 Å². The van der Waals surface area contributed by atoms with E-state index >= 15 is 0 Å². The number of carbonyl (C=O) groups is 1. The van der Waals surface area contributed by atoms with Gasteiger partial charge in [-0.1, -0.05) is 0 Å². The summed E-state index contributed by atoms with van der Waals surface area (Å²) in [6, 6.07) is 1.78. The molecule has 4 nitrogen and oxygen atoms in total. The minimum atomic E-state index is -2.74. The number of hydrogen-bond donors (Lipinski definition) is 0. The van der Waals surface area contributed by atoms with E-state index < -0.39 is 12.4 Å². The molecule has 0 radical (unpaired) electrons. The van der Waals surface area contributed by atoms with Crippen LogP contribution in [0.15, 0.2) is 6.20 Å². The molecule has 1 aromatic heterocycles. The first-order chi connectivity index (χ1) is 8.01. The van der Waals surface area contributed by atoms with Gasteiger partial charge in [-0.2, -0.15) is 5.26 Å². The smallest absolute Gasteiger partial charge is 0.310 e. The van der Waals surface area contributed by atoms with Crippen LogP contribution in [0.5, 0.6) is 0 Å². The molecule has 0 saturated heterocycles. The summed E-state index contributed by atoms with van der Waals surface area (Å²) in [6.07, 6.45) is -2.11. The molecule has 0 aliphatic rings. The van der Waals surface area contributed by atoms with Gasteiger partial charge in [0.2, 0.25) is 0 Å². The summed E-state index contributed by atoms with van der Waals surface area (Å²) >= 11 is 0. The molecule has 0 aliphatic heterocycles. The predicted molar refractivity (Wildman–Crippen MR) is 54.4 cm³/mol. The highest BCUT2D eigenvalue weighted by Crippen LogP contribution is 2.26. The number of carbonyl (C=O) groups excluding carboxylic acids is 1. The second-order valence-electron chi connectivity index (χ2n) is 3.33. The van der Waals surface area contributed by atoms with Gasteiger partial charge >= 0.3 is 5.97 Å². The number of esters is 1. The lowest BCUT2D eigenvalue weighted by molar-refractivity contribution is -0.139. The highest BCUT2D eigenvalue weighted by atomic mass is 19.3. The van der Waals surface area contributed by atoms with Crippen molar-refractivity contribution in [1.29, 1.82) is 5.26 Å². The molecular weight excluding hydrogens is 230 g/mol. The molecule has 1 aromatic rings. The quantitative estimate of drug-likeness (QED) is 0.757. The molecule has 6 heteroatoms. The lowest BCUT2D eigenvalue weighted by Crippen LogP contribution is -2.10. The van der Waals surface area contributed by atoms with Crippen LogP contribution in [0.2, 0.25) is 0 Å². The van der Waals surface area contributed by atoms with Crippen LogP contribution in [-0.2, 0) is 16.0 Å². The fourth-order valence-electron chi connectivity index (χ4n) is 1.42. The average molecular weight is 240 g/mol. The molecule has 0 atom stereocenters. The van der Waals surface area contributed by atoms with E-state index in [2.05, 4.69) is 9.72 Å². The molecule has 0 spiro atoms.